The zero-order valence-corrected chi connectivity index (χ0v) is 18.3. The summed E-state index contributed by atoms with van der Waals surface area (Å²) in [6.45, 7) is 0. The van der Waals surface area contributed by atoms with Crippen LogP contribution in [0, 0.1) is 0 Å². The second kappa shape index (κ2) is 8.91. The van der Waals surface area contributed by atoms with Crippen molar-refractivity contribution in [3.05, 3.63) is 60.0 Å². The Balaban J connectivity index is 1.35. The summed E-state index contributed by atoms with van der Waals surface area (Å²) in [4.78, 5) is 16.9. The lowest BCUT2D eigenvalue weighted by atomic mass is 10.2. The number of methoxy groups -OCH3 is 1. The van der Waals surface area contributed by atoms with Crippen LogP contribution in [0.2, 0.25) is 0 Å². The molecule has 0 aliphatic rings. The van der Waals surface area contributed by atoms with Crippen LogP contribution in [0.25, 0.3) is 22.4 Å². The topological polar surface area (TPSA) is 98.5 Å². The van der Waals surface area contributed by atoms with Gasteiger partial charge in [0.25, 0.3) is 0 Å². The summed E-state index contributed by atoms with van der Waals surface area (Å²) in [5.41, 5.74) is 1.30. The van der Waals surface area contributed by atoms with Gasteiger partial charge in [0.2, 0.25) is 5.91 Å². The normalized spacial score (nSPS) is 11.5. The number of anilines is 1. The zero-order chi connectivity index (χ0) is 21.8. The maximum Gasteiger partial charge on any atom is 0.226 e. The van der Waals surface area contributed by atoms with Gasteiger partial charge in [0.15, 0.2) is 20.7 Å². The molecule has 0 bridgehead atoms. The van der Waals surface area contributed by atoms with E-state index in [1.54, 1.807) is 48.9 Å². The van der Waals surface area contributed by atoms with Crippen molar-refractivity contribution in [3.8, 4) is 17.2 Å². The highest BCUT2D eigenvalue weighted by Crippen LogP contribution is 2.32. The number of amides is 1. The van der Waals surface area contributed by atoms with Gasteiger partial charge in [0.05, 0.1) is 17.8 Å². The van der Waals surface area contributed by atoms with Crippen LogP contribution < -0.4 is 10.1 Å². The van der Waals surface area contributed by atoms with Crippen LogP contribution in [0.15, 0.2) is 69.3 Å². The minimum absolute atomic E-state index is 0.0873. The molecule has 0 aliphatic heterocycles. The third-order valence-corrected chi connectivity index (χ3v) is 7.22. The van der Waals surface area contributed by atoms with Gasteiger partial charge < -0.3 is 14.5 Å². The number of carbonyl (C=O) groups is 1. The van der Waals surface area contributed by atoms with Crippen molar-refractivity contribution in [2.45, 2.75) is 17.7 Å². The Bertz CT molecular complexity index is 1310. The molecular formula is C22H20N2O5S2. The van der Waals surface area contributed by atoms with Crippen LogP contribution in [0.1, 0.15) is 12.8 Å². The number of fused-ring (bicyclic) bond motifs is 1. The number of furan rings is 1. The Morgan fingerprint density at radius 1 is 1.16 bits per heavy atom. The highest BCUT2D eigenvalue weighted by molar-refractivity contribution is 7.91. The molecule has 0 saturated heterocycles. The van der Waals surface area contributed by atoms with Gasteiger partial charge in [-0.15, -0.1) is 11.3 Å². The standard InChI is InChI=1S/C22H20N2O5S2/c1-28-16-10-9-15-12-20(29-19(15)13-16)18-14-30-22(23-18)24-21(25)8-5-11-31(26,27)17-6-3-2-4-7-17/h2-4,6-7,9-10,12-14H,5,8,11H2,1H3,(H,23,24,25). The number of carbonyl (C=O) groups excluding carboxylic acids is 1. The number of hydrogen-bond acceptors (Lipinski definition) is 7. The minimum atomic E-state index is -3.39. The number of nitrogens with zero attached hydrogens (tertiary/aromatic N) is 1. The van der Waals surface area contributed by atoms with E-state index in [1.807, 2.05) is 18.2 Å². The number of sulfone groups is 1. The van der Waals surface area contributed by atoms with Crippen molar-refractivity contribution in [1.82, 2.24) is 4.98 Å². The number of rotatable bonds is 8. The number of nitrogens with one attached hydrogen (secondary N) is 1. The third-order valence-electron chi connectivity index (χ3n) is 4.65. The van der Waals surface area contributed by atoms with Crippen molar-refractivity contribution >= 4 is 43.2 Å². The lowest BCUT2D eigenvalue weighted by Gasteiger charge is -2.04. The van der Waals surface area contributed by atoms with E-state index in [-0.39, 0.29) is 29.4 Å². The Morgan fingerprint density at radius 2 is 1.97 bits per heavy atom. The lowest BCUT2D eigenvalue weighted by molar-refractivity contribution is -0.116. The van der Waals surface area contributed by atoms with Gasteiger partial charge >= 0.3 is 0 Å². The Labute approximate surface area is 183 Å². The van der Waals surface area contributed by atoms with Crippen LogP contribution in [-0.4, -0.2) is 32.2 Å². The molecular weight excluding hydrogens is 436 g/mol. The number of aromatic nitrogens is 1. The fourth-order valence-corrected chi connectivity index (χ4v) is 5.11. The van der Waals surface area contributed by atoms with Crippen molar-refractivity contribution < 1.29 is 22.4 Å². The highest BCUT2D eigenvalue weighted by atomic mass is 32.2. The summed E-state index contributed by atoms with van der Waals surface area (Å²) in [6, 6.07) is 15.7. The molecule has 0 fully saturated rings. The van der Waals surface area contributed by atoms with E-state index in [1.165, 1.54) is 11.3 Å². The molecule has 4 rings (SSSR count). The summed E-state index contributed by atoms with van der Waals surface area (Å²) in [7, 11) is -1.80. The quantitative estimate of drug-likeness (QED) is 0.411. The summed E-state index contributed by atoms with van der Waals surface area (Å²) in [5, 5.41) is 5.88. The molecule has 0 atom stereocenters. The summed E-state index contributed by atoms with van der Waals surface area (Å²) in [5.74, 6) is 0.928. The van der Waals surface area contributed by atoms with Gasteiger partial charge in [0, 0.05) is 23.3 Å². The van der Waals surface area contributed by atoms with Gasteiger partial charge in [-0.05, 0) is 36.8 Å². The molecule has 2 heterocycles. The van der Waals surface area contributed by atoms with E-state index in [4.69, 9.17) is 9.15 Å². The van der Waals surface area contributed by atoms with E-state index < -0.39 is 9.84 Å². The third kappa shape index (κ3) is 4.95. The van der Waals surface area contributed by atoms with Crippen molar-refractivity contribution in [3.63, 3.8) is 0 Å². The molecule has 0 radical (unpaired) electrons. The smallest absolute Gasteiger partial charge is 0.226 e. The van der Waals surface area contributed by atoms with Crippen LogP contribution in [0.3, 0.4) is 0 Å². The van der Waals surface area contributed by atoms with Gasteiger partial charge in [-0.2, -0.15) is 0 Å². The van der Waals surface area contributed by atoms with E-state index >= 15 is 0 Å². The maximum absolute atomic E-state index is 12.3. The Morgan fingerprint density at radius 3 is 2.74 bits per heavy atom. The molecule has 0 aliphatic carbocycles. The van der Waals surface area contributed by atoms with E-state index in [0.29, 0.717) is 27.9 Å². The average Bonchev–Trinajstić information content (AvgIpc) is 3.40. The molecule has 2 aromatic carbocycles. The first-order chi connectivity index (χ1) is 14.9. The Kier molecular flexibility index (Phi) is 6.06. The minimum Gasteiger partial charge on any atom is -0.497 e. The monoisotopic (exact) mass is 456 g/mol. The molecule has 1 N–H and O–H groups in total. The molecule has 160 valence electrons. The van der Waals surface area contributed by atoms with Gasteiger partial charge in [-0.1, -0.05) is 18.2 Å². The van der Waals surface area contributed by atoms with Crippen molar-refractivity contribution in [2.24, 2.45) is 0 Å². The highest BCUT2D eigenvalue weighted by Gasteiger charge is 2.16. The van der Waals surface area contributed by atoms with E-state index in [0.717, 1.165) is 5.39 Å². The molecule has 4 aromatic rings. The summed E-state index contributed by atoms with van der Waals surface area (Å²) in [6.07, 6.45) is 0.318. The summed E-state index contributed by atoms with van der Waals surface area (Å²) >= 11 is 1.28. The van der Waals surface area contributed by atoms with Crippen molar-refractivity contribution in [1.29, 1.82) is 0 Å². The largest absolute Gasteiger partial charge is 0.497 e. The van der Waals surface area contributed by atoms with Crippen LogP contribution >= 0.6 is 11.3 Å². The fraction of sp³-hybridized carbons (Fsp3) is 0.182. The average molecular weight is 457 g/mol. The molecule has 31 heavy (non-hydrogen) atoms. The predicted octanol–water partition coefficient (Wildman–Crippen LogP) is 4.76. The molecule has 7 nitrogen and oxygen atoms in total. The Hall–Kier alpha value is -3.17. The molecule has 0 unspecified atom stereocenters. The molecule has 1 amide bonds. The van der Waals surface area contributed by atoms with Crippen LogP contribution in [0.4, 0.5) is 5.13 Å². The van der Waals surface area contributed by atoms with Gasteiger partial charge in [-0.25, -0.2) is 13.4 Å². The predicted molar refractivity (Wildman–Crippen MR) is 120 cm³/mol. The second-order valence-corrected chi connectivity index (χ2v) is 9.80. The summed E-state index contributed by atoms with van der Waals surface area (Å²) < 4.78 is 35.6. The van der Waals surface area contributed by atoms with E-state index in [2.05, 4.69) is 10.3 Å². The first-order valence-corrected chi connectivity index (χ1v) is 12.1. The van der Waals surface area contributed by atoms with Gasteiger partial charge in [-0.3, -0.25) is 4.79 Å². The zero-order valence-electron chi connectivity index (χ0n) is 16.7. The molecule has 9 heteroatoms. The van der Waals surface area contributed by atoms with Crippen LogP contribution in [-0.2, 0) is 14.6 Å². The second-order valence-electron chi connectivity index (χ2n) is 6.84. The first kappa shape index (κ1) is 21.1. The SMILES string of the molecule is COc1ccc2cc(-c3csc(NC(=O)CCCS(=O)(=O)c4ccccc4)n3)oc2c1. The van der Waals surface area contributed by atoms with Crippen LogP contribution in [0.5, 0.6) is 5.75 Å². The number of thiazole rings is 1. The lowest BCUT2D eigenvalue weighted by Crippen LogP contribution is -2.14. The van der Waals surface area contributed by atoms with Gasteiger partial charge in [0.1, 0.15) is 17.0 Å². The first-order valence-electron chi connectivity index (χ1n) is 9.56. The molecule has 0 spiro atoms. The number of benzene rings is 2. The fourth-order valence-electron chi connectivity index (χ4n) is 3.06. The van der Waals surface area contributed by atoms with E-state index in [9.17, 15) is 13.2 Å². The maximum atomic E-state index is 12.3. The number of hydrogen-bond donors (Lipinski definition) is 1. The molecule has 2 aromatic heterocycles. The molecule has 0 saturated carbocycles. The number of ether oxygens (including phenoxy) is 1. The van der Waals surface area contributed by atoms with Crippen molar-refractivity contribution in [2.75, 3.05) is 18.2 Å².